The van der Waals surface area contributed by atoms with Gasteiger partial charge in [0.1, 0.15) is 0 Å². The summed E-state index contributed by atoms with van der Waals surface area (Å²) in [5.41, 5.74) is 0. The van der Waals surface area contributed by atoms with Crippen molar-refractivity contribution in [2.24, 2.45) is 11.8 Å². The molecule has 0 aromatic heterocycles. The summed E-state index contributed by atoms with van der Waals surface area (Å²) in [5.74, 6) is -0.783. The first-order valence-corrected chi connectivity index (χ1v) is 4.57. The van der Waals surface area contributed by atoms with Gasteiger partial charge in [0.2, 0.25) is 0 Å². The number of halogens is 3. The summed E-state index contributed by atoms with van der Waals surface area (Å²) in [4.78, 5) is 0. The van der Waals surface area contributed by atoms with Gasteiger partial charge >= 0.3 is 6.18 Å². The summed E-state index contributed by atoms with van der Waals surface area (Å²) < 4.78 is 36.9. The van der Waals surface area contributed by atoms with Gasteiger partial charge in [-0.2, -0.15) is 13.2 Å². The van der Waals surface area contributed by atoms with Gasteiger partial charge in [-0.1, -0.05) is 26.2 Å². The Kier molecular flexibility index (Phi) is 3.02. The van der Waals surface area contributed by atoms with Crippen molar-refractivity contribution in [3.63, 3.8) is 0 Å². The van der Waals surface area contributed by atoms with E-state index in [0.717, 1.165) is 19.3 Å². The van der Waals surface area contributed by atoms with Crippen LogP contribution in [0.4, 0.5) is 13.2 Å². The zero-order chi connectivity index (χ0) is 9.19. The molecular weight excluding hydrogens is 165 g/mol. The summed E-state index contributed by atoms with van der Waals surface area (Å²) in [6.45, 7) is 1.92. The minimum absolute atomic E-state index is 0.249. The molecule has 0 radical (unpaired) electrons. The molecule has 0 saturated heterocycles. The van der Waals surface area contributed by atoms with Gasteiger partial charge in [0, 0.05) is 0 Å². The first kappa shape index (κ1) is 9.87. The van der Waals surface area contributed by atoms with E-state index in [1.54, 1.807) is 0 Å². The van der Waals surface area contributed by atoms with Crippen molar-refractivity contribution in [1.29, 1.82) is 0 Å². The average molecular weight is 180 g/mol. The summed E-state index contributed by atoms with van der Waals surface area (Å²) in [6.07, 6.45) is -0.606. The molecule has 2 unspecified atom stereocenters. The molecule has 12 heavy (non-hydrogen) atoms. The average Bonchev–Trinajstić information content (AvgIpc) is 2.11. The molecule has 1 rings (SSSR count). The topological polar surface area (TPSA) is 0 Å². The van der Waals surface area contributed by atoms with E-state index in [1.807, 2.05) is 6.92 Å². The third-order valence-corrected chi connectivity index (χ3v) is 2.65. The highest BCUT2D eigenvalue weighted by Crippen LogP contribution is 2.38. The highest BCUT2D eigenvalue weighted by Gasteiger charge is 2.40. The lowest BCUT2D eigenvalue weighted by atomic mass is 9.94. The number of hydrogen-bond donors (Lipinski definition) is 0. The Bertz CT molecular complexity index is 139. The highest BCUT2D eigenvalue weighted by atomic mass is 19.4. The molecule has 0 nitrogen and oxygen atoms in total. The quantitative estimate of drug-likeness (QED) is 0.498. The van der Waals surface area contributed by atoms with Crippen LogP contribution in [0, 0.1) is 11.8 Å². The van der Waals surface area contributed by atoms with Crippen LogP contribution in [0.1, 0.15) is 39.0 Å². The van der Waals surface area contributed by atoms with E-state index in [4.69, 9.17) is 0 Å². The van der Waals surface area contributed by atoms with Crippen molar-refractivity contribution in [2.75, 3.05) is 0 Å². The maximum Gasteiger partial charge on any atom is 0.391 e. The smallest absolute Gasteiger partial charge is 0.171 e. The van der Waals surface area contributed by atoms with Gasteiger partial charge < -0.3 is 0 Å². The lowest BCUT2D eigenvalue weighted by Crippen LogP contribution is -2.23. The molecule has 1 aliphatic rings. The minimum Gasteiger partial charge on any atom is -0.171 e. The van der Waals surface area contributed by atoms with Gasteiger partial charge in [-0.25, -0.2) is 0 Å². The Morgan fingerprint density at radius 2 is 1.67 bits per heavy atom. The van der Waals surface area contributed by atoms with Crippen LogP contribution in [0.3, 0.4) is 0 Å². The van der Waals surface area contributed by atoms with E-state index in [1.165, 1.54) is 0 Å². The molecular formula is C9H15F3. The molecule has 0 aliphatic heterocycles. The molecule has 1 saturated carbocycles. The molecule has 3 heteroatoms. The molecule has 2 atom stereocenters. The zero-order valence-corrected chi connectivity index (χ0v) is 7.32. The monoisotopic (exact) mass is 180 g/mol. The Morgan fingerprint density at radius 1 is 1.08 bits per heavy atom. The Balaban J connectivity index is 2.52. The molecule has 72 valence electrons. The van der Waals surface area contributed by atoms with Crippen LogP contribution in [0.5, 0.6) is 0 Å². The predicted octanol–water partition coefficient (Wildman–Crippen LogP) is 3.77. The first-order valence-electron chi connectivity index (χ1n) is 4.57. The van der Waals surface area contributed by atoms with Crippen LogP contribution < -0.4 is 0 Å². The van der Waals surface area contributed by atoms with Crippen molar-refractivity contribution in [1.82, 2.24) is 0 Å². The Labute approximate surface area is 71.1 Å². The third kappa shape index (κ3) is 2.68. The fourth-order valence-electron chi connectivity index (χ4n) is 1.90. The molecule has 0 aromatic carbocycles. The van der Waals surface area contributed by atoms with E-state index in [0.29, 0.717) is 12.8 Å². The fourth-order valence-corrected chi connectivity index (χ4v) is 1.90. The van der Waals surface area contributed by atoms with Crippen LogP contribution in [-0.4, -0.2) is 6.18 Å². The molecule has 1 aliphatic carbocycles. The van der Waals surface area contributed by atoms with Crippen molar-refractivity contribution in [3.8, 4) is 0 Å². The normalized spacial score (nSPS) is 33.0. The van der Waals surface area contributed by atoms with Gasteiger partial charge in [0.15, 0.2) is 0 Å². The second kappa shape index (κ2) is 3.67. The lowest BCUT2D eigenvalue weighted by molar-refractivity contribution is -0.179. The maximum absolute atomic E-state index is 12.3. The van der Waals surface area contributed by atoms with E-state index in [9.17, 15) is 13.2 Å². The number of hydrogen-bond acceptors (Lipinski definition) is 0. The molecule has 0 heterocycles. The number of alkyl halides is 3. The second-order valence-electron chi connectivity index (χ2n) is 3.86. The van der Waals surface area contributed by atoms with Gasteiger partial charge in [-0.05, 0) is 18.8 Å². The fraction of sp³-hybridized carbons (Fsp3) is 1.00. The Hall–Kier alpha value is -0.210. The van der Waals surface area contributed by atoms with Crippen LogP contribution in [0.15, 0.2) is 0 Å². The molecule has 0 bridgehead atoms. The molecule has 0 aromatic rings. The van der Waals surface area contributed by atoms with Gasteiger partial charge in [0.25, 0.3) is 0 Å². The van der Waals surface area contributed by atoms with E-state index in [2.05, 4.69) is 0 Å². The summed E-state index contributed by atoms with van der Waals surface area (Å²) in [6, 6.07) is 0. The number of rotatable bonds is 0. The van der Waals surface area contributed by atoms with Crippen molar-refractivity contribution in [3.05, 3.63) is 0 Å². The standard InChI is InChI=1S/C9H15F3/c1-7-4-2-3-5-8(6-7)9(10,11)12/h7-8H,2-6H2,1H3. The predicted molar refractivity (Wildman–Crippen MR) is 41.8 cm³/mol. The van der Waals surface area contributed by atoms with Crippen LogP contribution >= 0.6 is 0 Å². The van der Waals surface area contributed by atoms with Crippen molar-refractivity contribution >= 4 is 0 Å². The van der Waals surface area contributed by atoms with Crippen LogP contribution in [0.25, 0.3) is 0 Å². The summed E-state index contributed by atoms with van der Waals surface area (Å²) in [7, 11) is 0. The van der Waals surface area contributed by atoms with E-state index in [-0.39, 0.29) is 5.92 Å². The minimum atomic E-state index is -3.96. The highest BCUT2D eigenvalue weighted by molar-refractivity contribution is 4.74. The summed E-state index contributed by atoms with van der Waals surface area (Å²) in [5, 5.41) is 0. The van der Waals surface area contributed by atoms with E-state index < -0.39 is 12.1 Å². The van der Waals surface area contributed by atoms with E-state index >= 15 is 0 Å². The van der Waals surface area contributed by atoms with Crippen molar-refractivity contribution < 1.29 is 13.2 Å². The SMILES string of the molecule is CC1CCCCC(C(F)(F)F)C1. The summed E-state index contributed by atoms with van der Waals surface area (Å²) >= 11 is 0. The zero-order valence-electron chi connectivity index (χ0n) is 7.32. The lowest BCUT2D eigenvalue weighted by Gasteiger charge is -2.19. The Morgan fingerprint density at radius 3 is 2.25 bits per heavy atom. The molecule has 0 amide bonds. The van der Waals surface area contributed by atoms with Crippen LogP contribution in [-0.2, 0) is 0 Å². The molecule has 0 N–H and O–H groups in total. The maximum atomic E-state index is 12.3. The second-order valence-corrected chi connectivity index (χ2v) is 3.86. The van der Waals surface area contributed by atoms with Crippen LogP contribution in [0.2, 0.25) is 0 Å². The van der Waals surface area contributed by atoms with Gasteiger partial charge in [0.05, 0.1) is 5.92 Å². The molecule has 0 spiro atoms. The largest absolute Gasteiger partial charge is 0.391 e. The van der Waals surface area contributed by atoms with Gasteiger partial charge in [-0.15, -0.1) is 0 Å². The van der Waals surface area contributed by atoms with Crippen molar-refractivity contribution in [2.45, 2.75) is 45.2 Å². The molecule has 1 fully saturated rings. The van der Waals surface area contributed by atoms with Gasteiger partial charge in [-0.3, -0.25) is 0 Å². The third-order valence-electron chi connectivity index (χ3n) is 2.65. The first-order chi connectivity index (χ1) is 5.50.